The molecule has 0 aromatic heterocycles. The highest BCUT2D eigenvalue weighted by Crippen LogP contribution is 2.17. The lowest BCUT2D eigenvalue weighted by molar-refractivity contribution is 0.270. The Labute approximate surface area is 97.9 Å². The smallest absolute Gasteiger partial charge is 0.217 e. The third kappa shape index (κ3) is 3.41. The molecule has 0 aliphatic carbocycles. The van der Waals surface area contributed by atoms with Gasteiger partial charge in [0.2, 0.25) is 10.0 Å². The Bertz CT molecular complexity index is 286. The van der Waals surface area contributed by atoms with Crippen molar-refractivity contribution in [3.63, 3.8) is 0 Å². The van der Waals surface area contributed by atoms with Crippen molar-refractivity contribution >= 4 is 10.0 Å². The highest BCUT2D eigenvalue weighted by Gasteiger charge is 2.31. The molecule has 0 aromatic carbocycles. The molecule has 0 atom stereocenters. The molecule has 0 amide bonds. The van der Waals surface area contributed by atoms with E-state index in [1.54, 1.807) is 0 Å². The van der Waals surface area contributed by atoms with Crippen LogP contribution in [0.1, 0.15) is 26.2 Å². The van der Waals surface area contributed by atoms with Crippen molar-refractivity contribution in [1.82, 2.24) is 9.62 Å². The number of hydrogen-bond acceptors (Lipinski definition) is 4. The van der Waals surface area contributed by atoms with Crippen LogP contribution in [0.3, 0.4) is 0 Å². The number of hydrogen-bond donors (Lipinski definition) is 2. The molecule has 1 aliphatic heterocycles. The molecule has 0 unspecified atom stereocenters. The number of aliphatic hydroxyl groups is 1. The summed E-state index contributed by atoms with van der Waals surface area (Å²) >= 11 is 0. The van der Waals surface area contributed by atoms with E-state index in [9.17, 15) is 8.42 Å². The first-order valence-corrected chi connectivity index (χ1v) is 7.43. The van der Waals surface area contributed by atoms with E-state index in [0.29, 0.717) is 32.4 Å². The summed E-state index contributed by atoms with van der Waals surface area (Å²) in [5, 5.41) is 11.7. The van der Waals surface area contributed by atoms with Crippen LogP contribution < -0.4 is 5.32 Å². The molecule has 16 heavy (non-hydrogen) atoms. The molecule has 0 saturated carbocycles. The minimum Gasteiger partial charge on any atom is -0.396 e. The van der Waals surface area contributed by atoms with Crippen LogP contribution in [-0.4, -0.2) is 55.9 Å². The van der Waals surface area contributed by atoms with Crippen LogP contribution in [0.2, 0.25) is 0 Å². The first-order chi connectivity index (χ1) is 7.62. The van der Waals surface area contributed by atoms with Crippen molar-refractivity contribution < 1.29 is 13.5 Å². The molecule has 1 saturated heterocycles. The maximum Gasteiger partial charge on any atom is 0.217 e. The number of piperidine rings is 1. The molecule has 0 spiro atoms. The molecule has 1 fully saturated rings. The van der Waals surface area contributed by atoms with Gasteiger partial charge in [0.15, 0.2) is 0 Å². The average Bonchev–Trinajstić information content (AvgIpc) is 2.31. The molecule has 5 nitrogen and oxygen atoms in total. The summed E-state index contributed by atoms with van der Waals surface area (Å²) in [6.45, 7) is 4.36. The lowest BCUT2D eigenvalue weighted by Gasteiger charge is -2.29. The van der Waals surface area contributed by atoms with Gasteiger partial charge in [0.1, 0.15) is 0 Å². The summed E-state index contributed by atoms with van der Waals surface area (Å²) in [7, 11) is -3.16. The second-order valence-corrected chi connectivity index (χ2v) is 6.28. The lowest BCUT2D eigenvalue weighted by atomic mass is 10.2. The molecule has 1 rings (SSSR count). The molecule has 0 bridgehead atoms. The van der Waals surface area contributed by atoms with Gasteiger partial charge in [0, 0.05) is 19.7 Å². The van der Waals surface area contributed by atoms with E-state index in [1.807, 2.05) is 6.92 Å². The van der Waals surface area contributed by atoms with E-state index < -0.39 is 10.0 Å². The maximum atomic E-state index is 12.2. The van der Waals surface area contributed by atoms with Crippen LogP contribution in [0, 0.1) is 0 Å². The first kappa shape index (κ1) is 13.9. The molecule has 6 heteroatoms. The third-order valence-corrected chi connectivity index (χ3v) is 5.46. The average molecular weight is 250 g/mol. The van der Waals surface area contributed by atoms with Gasteiger partial charge in [-0.05, 0) is 32.4 Å². The summed E-state index contributed by atoms with van der Waals surface area (Å²) < 4.78 is 26.0. The van der Waals surface area contributed by atoms with Gasteiger partial charge in [-0.25, -0.2) is 12.7 Å². The van der Waals surface area contributed by atoms with E-state index in [0.717, 1.165) is 13.1 Å². The second-order valence-electron chi connectivity index (χ2n) is 4.06. The molecule has 0 aromatic rings. The van der Waals surface area contributed by atoms with Gasteiger partial charge in [-0.1, -0.05) is 6.92 Å². The van der Waals surface area contributed by atoms with Gasteiger partial charge in [-0.15, -0.1) is 0 Å². The van der Waals surface area contributed by atoms with Gasteiger partial charge in [-0.3, -0.25) is 0 Å². The van der Waals surface area contributed by atoms with Crippen LogP contribution in [0.15, 0.2) is 0 Å². The zero-order valence-corrected chi connectivity index (χ0v) is 10.7. The maximum absolute atomic E-state index is 12.2. The minimum absolute atomic E-state index is 0.0399. The van der Waals surface area contributed by atoms with Gasteiger partial charge in [-0.2, -0.15) is 0 Å². The largest absolute Gasteiger partial charge is 0.396 e. The van der Waals surface area contributed by atoms with Crippen molar-refractivity contribution in [3.05, 3.63) is 0 Å². The first-order valence-electron chi connectivity index (χ1n) is 5.93. The number of sulfonamides is 1. The van der Waals surface area contributed by atoms with Crippen LogP contribution in [0.4, 0.5) is 0 Å². The van der Waals surface area contributed by atoms with Crippen molar-refractivity contribution in [2.45, 2.75) is 31.4 Å². The van der Waals surface area contributed by atoms with Gasteiger partial charge >= 0.3 is 0 Å². The Balaban J connectivity index is 2.64. The predicted octanol–water partition coefficient (Wildman–Crippen LogP) is -0.227. The number of nitrogens with zero attached hydrogens (tertiary/aromatic N) is 1. The molecule has 1 aliphatic rings. The quantitative estimate of drug-likeness (QED) is 0.683. The standard InChI is InChI=1S/C10H22N2O3S/c1-2-12(8-3-9-13)16(14,15)10-4-6-11-7-5-10/h10-11,13H,2-9H2,1H3. The number of aliphatic hydroxyl groups excluding tert-OH is 1. The van der Waals surface area contributed by atoms with Crippen LogP contribution in [0.5, 0.6) is 0 Å². The van der Waals surface area contributed by atoms with Crippen molar-refractivity contribution in [2.75, 3.05) is 32.8 Å². The van der Waals surface area contributed by atoms with E-state index >= 15 is 0 Å². The summed E-state index contributed by atoms with van der Waals surface area (Å²) in [6, 6.07) is 0. The van der Waals surface area contributed by atoms with E-state index in [-0.39, 0.29) is 11.9 Å². The fourth-order valence-electron chi connectivity index (χ4n) is 2.02. The minimum atomic E-state index is -3.16. The zero-order chi connectivity index (χ0) is 12.0. The molecule has 0 radical (unpaired) electrons. The second kappa shape index (κ2) is 6.54. The van der Waals surface area contributed by atoms with E-state index in [4.69, 9.17) is 5.11 Å². The van der Waals surface area contributed by atoms with Crippen LogP contribution in [0.25, 0.3) is 0 Å². The fraction of sp³-hybridized carbons (Fsp3) is 1.00. The topological polar surface area (TPSA) is 69.6 Å². The van der Waals surface area contributed by atoms with E-state index in [1.165, 1.54) is 4.31 Å². The highest BCUT2D eigenvalue weighted by atomic mass is 32.2. The molecular weight excluding hydrogens is 228 g/mol. The summed E-state index contributed by atoms with van der Waals surface area (Å²) in [5.41, 5.74) is 0. The summed E-state index contributed by atoms with van der Waals surface area (Å²) in [4.78, 5) is 0. The van der Waals surface area contributed by atoms with Crippen molar-refractivity contribution in [2.24, 2.45) is 0 Å². The predicted molar refractivity (Wildman–Crippen MR) is 63.8 cm³/mol. The Morgan fingerprint density at radius 2 is 2.00 bits per heavy atom. The molecule has 2 N–H and O–H groups in total. The van der Waals surface area contributed by atoms with Gasteiger partial charge in [0.25, 0.3) is 0 Å². The molecule has 1 heterocycles. The Morgan fingerprint density at radius 3 is 2.50 bits per heavy atom. The summed E-state index contributed by atoms with van der Waals surface area (Å²) in [6.07, 6.45) is 1.90. The number of rotatable bonds is 6. The molecular formula is C10H22N2O3S. The van der Waals surface area contributed by atoms with Crippen LogP contribution >= 0.6 is 0 Å². The van der Waals surface area contributed by atoms with Crippen LogP contribution in [-0.2, 0) is 10.0 Å². The van der Waals surface area contributed by atoms with Crippen molar-refractivity contribution in [1.29, 1.82) is 0 Å². The zero-order valence-electron chi connectivity index (χ0n) is 9.85. The third-order valence-electron chi connectivity index (χ3n) is 2.99. The Hall–Kier alpha value is -0.170. The Morgan fingerprint density at radius 1 is 1.38 bits per heavy atom. The number of nitrogens with one attached hydrogen (secondary N) is 1. The van der Waals surface area contributed by atoms with E-state index in [2.05, 4.69) is 5.32 Å². The van der Waals surface area contributed by atoms with Gasteiger partial charge < -0.3 is 10.4 Å². The van der Waals surface area contributed by atoms with Crippen molar-refractivity contribution in [3.8, 4) is 0 Å². The SMILES string of the molecule is CCN(CCCO)S(=O)(=O)C1CCNCC1. The monoisotopic (exact) mass is 250 g/mol. The lowest BCUT2D eigenvalue weighted by Crippen LogP contribution is -2.44. The fourth-order valence-corrected chi connectivity index (χ4v) is 4.01. The van der Waals surface area contributed by atoms with Gasteiger partial charge in [0.05, 0.1) is 5.25 Å². The normalized spacial score (nSPS) is 19.2. The molecule has 96 valence electrons. The Kier molecular flexibility index (Phi) is 5.68. The summed E-state index contributed by atoms with van der Waals surface area (Å²) in [5.74, 6) is 0. The highest BCUT2D eigenvalue weighted by molar-refractivity contribution is 7.89.